The molecule has 3 N–H and O–H groups in total. The molecule has 1 aromatic rings. The van der Waals surface area contributed by atoms with Gasteiger partial charge in [0.25, 0.3) is 5.91 Å². The van der Waals surface area contributed by atoms with Crippen molar-refractivity contribution in [2.45, 2.75) is 25.5 Å². The topological polar surface area (TPSA) is 73.6 Å². The molecule has 124 valence electrons. The van der Waals surface area contributed by atoms with Crippen LogP contribution < -0.4 is 15.8 Å². The summed E-state index contributed by atoms with van der Waals surface area (Å²) in [7, 11) is 0. The Morgan fingerprint density at radius 3 is 2.86 bits per heavy atom. The first-order valence-corrected chi connectivity index (χ1v) is 7.53. The maximum absolute atomic E-state index is 10.8. The van der Waals surface area contributed by atoms with Gasteiger partial charge in [-0.25, -0.2) is 0 Å². The van der Waals surface area contributed by atoms with E-state index in [4.69, 9.17) is 38.4 Å². The van der Waals surface area contributed by atoms with Crippen molar-refractivity contribution in [3.8, 4) is 5.75 Å². The van der Waals surface area contributed by atoms with Crippen molar-refractivity contribution in [2.24, 2.45) is 5.73 Å². The van der Waals surface area contributed by atoms with Gasteiger partial charge < -0.3 is 20.5 Å². The molecule has 5 nitrogen and oxygen atoms in total. The minimum Gasteiger partial charge on any atom is -0.482 e. The summed E-state index contributed by atoms with van der Waals surface area (Å²) in [5.74, 6) is -0.126. The van der Waals surface area contributed by atoms with Crippen LogP contribution in [0.1, 0.15) is 18.4 Å². The Hall–Kier alpha value is -0.720. The Kier molecular flexibility index (Phi) is 8.28. The molecule has 0 aromatic heterocycles. The molecular formula is C14H19Cl3N2O3. The molecule has 1 aromatic carbocycles. The molecule has 0 aliphatic carbocycles. The molecule has 1 saturated heterocycles. The minimum absolute atomic E-state index is 0. The first-order chi connectivity index (χ1) is 10.1. The van der Waals surface area contributed by atoms with E-state index < -0.39 is 5.91 Å². The lowest BCUT2D eigenvalue weighted by molar-refractivity contribution is -0.119. The first-order valence-electron chi connectivity index (χ1n) is 6.77. The summed E-state index contributed by atoms with van der Waals surface area (Å²) in [5, 5.41) is 4.16. The highest BCUT2D eigenvalue weighted by Gasteiger charge is 2.16. The van der Waals surface area contributed by atoms with Crippen LogP contribution in [0.15, 0.2) is 12.1 Å². The number of nitrogens with two attached hydrogens (primary N) is 1. The predicted molar refractivity (Wildman–Crippen MR) is 89.1 cm³/mol. The van der Waals surface area contributed by atoms with Crippen molar-refractivity contribution in [1.29, 1.82) is 0 Å². The van der Waals surface area contributed by atoms with E-state index in [0.29, 0.717) is 22.3 Å². The summed E-state index contributed by atoms with van der Waals surface area (Å²) < 4.78 is 10.9. The largest absolute Gasteiger partial charge is 0.482 e. The van der Waals surface area contributed by atoms with Gasteiger partial charge in [-0.1, -0.05) is 23.2 Å². The summed E-state index contributed by atoms with van der Waals surface area (Å²) in [6.07, 6.45) is 2.41. The number of primary amides is 1. The van der Waals surface area contributed by atoms with E-state index in [-0.39, 0.29) is 25.1 Å². The van der Waals surface area contributed by atoms with Crippen LogP contribution in [0, 0.1) is 0 Å². The maximum atomic E-state index is 10.8. The molecule has 0 radical (unpaired) electrons. The number of carbonyl (C=O) groups excluding carboxylic acids is 1. The average molecular weight is 370 g/mol. The SMILES string of the molecule is Cl.NC(=O)COc1c(Cl)cc(Cl)cc1CNCC1CCCO1. The van der Waals surface area contributed by atoms with Crippen LogP contribution in [0.5, 0.6) is 5.75 Å². The fourth-order valence-electron chi connectivity index (χ4n) is 2.22. The van der Waals surface area contributed by atoms with Gasteiger partial charge in [-0.2, -0.15) is 0 Å². The van der Waals surface area contributed by atoms with Gasteiger partial charge in [-0.3, -0.25) is 4.79 Å². The second-order valence-electron chi connectivity index (χ2n) is 4.90. The minimum atomic E-state index is -0.556. The molecule has 1 aliphatic rings. The van der Waals surface area contributed by atoms with Crippen LogP contribution in [0.2, 0.25) is 10.0 Å². The zero-order valence-corrected chi connectivity index (χ0v) is 14.3. The van der Waals surface area contributed by atoms with Gasteiger partial charge in [0.1, 0.15) is 5.75 Å². The van der Waals surface area contributed by atoms with Gasteiger partial charge in [0.05, 0.1) is 11.1 Å². The third-order valence-corrected chi connectivity index (χ3v) is 3.65. The van der Waals surface area contributed by atoms with Crippen molar-refractivity contribution >= 4 is 41.5 Å². The lowest BCUT2D eigenvalue weighted by atomic mass is 10.2. The zero-order valence-electron chi connectivity index (χ0n) is 11.9. The lowest BCUT2D eigenvalue weighted by Crippen LogP contribution is -2.26. The van der Waals surface area contributed by atoms with Gasteiger partial charge in [0.2, 0.25) is 0 Å². The number of benzene rings is 1. The Balaban J connectivity index is 0.00000242. The lowest BCUT2D eigenvalue weighted by Gasteiger charge is -2.15. The van der Waals surface area contributed by atoms with Gasteiger partial charge in [0, 0.05) is 30.3 Å². The van der Waals surface area contributed by atoms with Crippen LogP contribution in [0.25, 0.3) is 0 Å². The molecule has 1 unspecified atom stereocenters. The van der Waals surface area contributed by atoms with Crippen molar-refractivity contribution in [3.05, 3.63) is 27.7 Å². The average Bonchev–Trinajstić information content (AvgIpc) is 2.90. The third-order valence-electron chi connectivity index (χ3n) is 3.16. The number of nitrogens with one attached hydrogen (secondary N) is 1. The van der Waals surface area contributed by atoms with Crippen LogP contribution >= 0.6 is 35.6 Å². The molecule has 2 rings (SSSR count). The fraction of sp³-hybridized carbons (Fsp3) is 0.500. The Labute approximate surface area is 145 Å². The molecule has 1 aliphatic heterocycles. The Morgan fingerprint density at radius 1 is 1.45 bits per heavy atom. The van der Waals surface area contributed by atoms with Gasteiger partial charge in [-0.05, 0) is 25.0 Å². The van der Waals surface area contributed by atoms with Gasteiger partial charge in [-0.15, -0.1) is 12.4 Å². The number of carbonyl (C=O) groups is 1. The van der Waals surface area contributed by atoms with Crippen molar-refractivity contribution in [3.63, 3.8) is 0 Å². The quantitative estimate of drug-likeness (QED) is 0.774. The molecule has 1 amide bonds. The Morgan fingerprint density at radius 2 is 2.23 bits per heavy atom. The molecular weight excluding hydrogens is 351 g/mol. The summed E-state index contributed by atoms with van der Waals surface area (Å²) in [6, 6.07) is 3.33. The number of hydrogen-bond donors (Lipinski definition) is 2. The smallest absolute Gasteiger partial charge is 0.255 e. The predicted octanol–water partition coefficient (Wildman–Crippen LogP) is 2.55. The molecule has 8 heteroatoms. The van der Waals surface area contributed by atoms with Crippen LogP contribution in [-0.4, -0.2) is 31.8 Å². The monoisotopic (exact) mass is 368 g/mol. The number of amides is 1. The number of rotatable bonds is 7. The highest BCUT2D eigenvalue weighted by atomic mass is 35.5. The van der Waals surface area contributed by atoms with Crippen LogP contribution in [0.3, 0.4) is 0 Å². The summed E-state index contributed by atoms with van der Waals surface area (Å²) in [5.41, 5.74) is 5.87. The molecule has 0 spiro atoms. The van der Waals surface area contributed by atoms with E-state index in [1.165, 1.54) is 0 Å². The molecule has 0 bridgehead atoms. The van der Waals surface area contributed by atoms with Crippen molar-refractivity contribution < 1.29 is 14.3 Å². The van der Waals surface area contributed by atoms with E-state index in [1.807, 2.05) is 0 Å². The number of hydrogen-bond acceptors (Lipinski definition) is 4. The number of ether oxygens (including phenoxy) is 2. The van der Waals surface area contributed by atoms with Crippen molar-refractivity contribution in [2.75, 3.05) is 19.8 Å². The van der Waals surface area contributed by atoms with E-state index in [2.05, 4.69) is 5.32 Å². The van der Waals surface area contributed by atoms with Gasteiger partial charge in [0.15, 0.2) is 6.61 Å². The normalized spacial score (nSPS) is 17.1. The molecule has 1 heterocycles. The number of halogens is 3. The highest BCUT2D eigenvalue weighted by molar-refractivity contribution is 6.35. The van der Waals surface area contributed by atoms with Gasteiger partial charge >= 0.3 is 0 Å². The second-order valence-corrected chi connectivity index (χ2v) is 5.74. The summed E-state index contributed by atoms with van der Waals surface area (Å²) in [4.78, 5) is 10.8. The molecule has 1 fully saturated rings. The summed E-state index contributed by atoms with van der Waals surface area (Å²) >= 11 is 12.1. The van der Waals surface area contributed by atoms with E-state index >= 15 is 0 Å². The van der Waals surface area contributed by atoms with Crippen LogP contribution in [-0.2, 0) is 16.1 Å². The Bertz CT molecular complexity index is 508. The van der Waals surface area contributed by atoms with E-state index in [0.717, 1.165) is 31.6 Å². The molecule has 0 saturated carbocycles. The molecule has 1 atom stereocenters. The zero-order chi connectivity index (χ0) is 15.2. The molecule has 22 heavy (non-hydrogen) atoms. The fourth-order valence-corrected chi connectivity index (χ4v) is 2.81. The second kappa shape index (κ2) is 9.43. The summed E-state index contributed by atoms with van der Waals surface area (Å²) in [6.45, 7) is 1.87. The third kappa shape index (κ3) is 5.82. The van der Waals surface area contributed by atoms with E-state index in [1.54, 1.807) is 12.1 Å². The first kappa shape index (κ1) is 19.3. The van der Waals surface area contributed by atoms with Crippen LogP contribution in [0.4, 0.5) is 0 Å². The van der Waals surface area contributed by atoms with Crippen molar-refractivity contribution in [1.82, 2.24) is 5.32 Å². The highest BCUT2D eigenvalue weighted by Crippen LogP contribution is 2.32. The standard InChI is InChI=1S/C14H18Cl2N2O3.ClH/c15-10-4-9(6-18-7-11-2-1-3-20-11)14(12(16)5-10)21-8-13(17)19;/h4-5,11,18H,1-3,6-8H2,(H2,17,19);1H. The van der Waals surface area contributed by atoms with E-state index in [9.17, 15) is 4.79 Å². The maximum Gasteiger partial charge on any atom is 0.255 e.